The van der Waals surface area contributed by atoms with Crippen molar-refractivity contribution in [3.8, 4) is 0 Å². The smallest absolute Gasteiger partial charge is 0.248 e. The first-order chi connectivity index (χ1) is 6.56. The Morgan fingerprint density at radius 3 is 2.71 bits per heavy atom. The predicted molar refractivity (Wildman–Crippen MR) is 51.8 cm³/mol. The first-order valence-corrected chi connectivity index (χ1v) is 4.31. The van der Waals surface area contributed by atoms with Crippen LogP contribution in [-0.4, -0.2) is 27.8 Å². The van der Waals surface area contributed by atoms with Gasteiger partial charge in [0, 0.05) is 24.4 Å². The van der Waals surface area contributed by atoms with Crippen LogP contribution in [0.1, 0.15) is 17.2 Å². The van der Waals surface area contributed by atoms with Crippen LogP contribution in [0, 0.1) is 6.92 Å². The molecular weight excluding hydrogens is 184 g/mol. The van der Waals surface area contributed by atoms with Crippen LogP contribution in [0.3, 0.4) is 0 Å². The van der Waals surface area contributed by atoms with E-state index < -0.39 is 12.2 Å². The van der Waals surface area contributed by atoms with Crippen molar-refractivity contribution >= 4 is 0 Å². The molecule has 0 amide bonds. The topological polar surface area (TPSA) is 99.3 Å². The lowest BCUT2D eigenvalue weighted by atomic mass is 10.0. The molecule has 2 unspecified atom stereocenters. The highest BCUT2D eigenvalue weighted by atomic mass is 16.3. The van der Waals surface area contributed by atoms with Gasteiger partial charge in [-0.2, -0.15) is 0 Å². The summed E-state index contributed by atoms with van der Waals surface area (Å²) < 4.78 is 0. The molecule has 0 fully saturated rings. The molecule has 0 saturated carbocycles. The average molecular weight is 198 g/mol. The molecule has 78 valence electrons. The molecular formula is C9H14N2O3. The van der Waals surface area contributed by atoms with Crippen LogP contribution < -0.4 is 11.3 Å². The van der Waals surface area contributed by atoms with Crippen LogP contribution >= 0.6 is 0 Å². The second-order valence-electron chi connectivity index (χ2n) is 3.18. The van der Waals surface area contributed by atoms with E-state index >= 15 is 0 Å². The van der Waals surface area contributed by atoms with Gasteiger partial charge < -0.3 is 20.9 Å². The fraction of sp³-hybridized carbons (Fsp3) is 0.444. The van der Waals surface area contributed by atoms with Crippen molar-refractivity contribution in [2.24, 2.45) is 5.73 Å². The number of aromatic nitrogens is 1. The van der Waals surface area contributed by atoms with E-state index in [2.05, 4.69) is 4.98 Å². The van der Waals surface area contributed by atoms with Crippen molar-refractivity contribution in [3.63, 3.8) is 0 Å². The third-order valence-electron chi connectivity index (χ3n) is 2.10. The minimum absolute atomic E-state index is 0.0280. The van der Waals surface area contributed by atoms with Crippen molar-refractivity contribution in [2.75, 3.05) is 6.54 Å². The maximum Gasteiger partial charge on any atom is 0.248 e. The number of hydrogen-bond donors (Lipinski definition) is 4. The number of aromatic amines is 1. The first kappa shape index (κ1) is 10.9. The molecule has 5 heteroatoms. The Kier molecular flexibility index (Phi) is 3.40. The minimum atomic E-state index is -1.06. The molecule has 5 nitrogen and oxygen atoms in total. The number of aliphatic hydroxyl groups is 2. The maximum atomic E-state index is 10.9. The Bertz CT molecular complexity index is 361. The van der Waals surface area contributed by atoms with E-state index in [0.29, 0.717) is 11.1 Å². The van der Waals surface area contributed by atoms with Gasteiger partial charge in [0.1, 0.15) is 6.10 Å². The summed E-state index contributed by atoms with van der Waals surface area (Å²) in [7, 11) is 0. The van der Waals surface area contributed by atoms with Gasteiger partial charge in [0.15, 0.2) is 0 Å². The highest BCUT2D eigenvalue weighted by molar-refractivity contribution is 5.24. The van der Waals surface area contributed by atoms with Gasteiger partial charge in [-0.15, -0.1) is 0 Å². The standard InChI is InChI=1S/C9H14N2O3/c1-5-2-8(13)11-4-6(5)9(14)7(12)3-10/h2,4,7,9,12,14H,3,10H2,1H3,(H,11,13). The van der Waals surface area contributed by atoms with Crippen molar-refractivity contribution in [1.29, 1.82) is 0 Å². The van der Waals surface area contributed by atoms with Crippen molar-refractivity contribution < 1.29 is 10.2 Å². The van der Waals surface area contributed by atoms with Gasteiger partial charge in [0.25, 0.3) is 0 Å². The van der Waals surface area contributed by atoms with Gasteiger partial charge in [-0.3, -0.25) is 4.79 Å². The van der Waals surface area contributed by atoms with Gasteiger partial charge in [0.2, 0.25) is 5.56 Å². The Labute approximate surface area is 81.2 Å². The third-order valence-corrected chi connectivity index (χ3v) is 2.10. The zero-order valence-corrected chi connectivity index (χ0v) is 7.90. The quantitative estimate of drug-likeness (QED) is 0.502. The van der Waals surface area contributed by atoms with Gasteiger partial charge >= 0.3 is 0 Å². The number of nitrogens with one attached hydrogen (secondary N) is 1. The summed E-state index contributed by atoms with van der Waals surface area (Å²) in [5.41, 5.74) is 6.09. The first-order valence-electron chi connectivity index (χ1n) is 4.31. The van der Waals surface area contributed by atoms with Gasteiger partial charge in [-0.1, -0.05) is 0 Å². The fourth-order valence-electron chi connectivity index (χ4n) is 1.24. The molecule has 0 spiro atoms. The summed E-state index contributed by atoms with van der Waals surface area (Å²) in [4.78, 5) is 13.3. The number of H-pyrrole nitrogens is 1. The molecule has 1 aromatic heterocycles. The van der Waals surface area contributed by atoms with Crippen LogP contribution in [0.2, 0.25) is 0 Å². The maximum absolute atomic E-state index is 10.9. The molecule has 2 atom stereocenters. The molecule has 1 aromatic rings. The van der Waals surface area contributed by atoms with Gasteiger partial charge in [0.05, 0.1) is 6.10 Å². The van der Waals surface area contributed by atoms with Crippen LogP contribution in [-0.2, 0) is 0 Å². The molecule has 14 heavy (non-hydrogen) atoms. The SMILES string of the molecule is Cc1cc(=O)[nH]cc1C(O)C(O)CN. The number of aryl methyl sites for hydroxylation is 1. The summed E-state index contributed by atoms with van der Waals surface area (Å²) in [6, 6.07) is 1.36. The van der Waals surface area contributed by atoms with Crippen LogP contribution in [0.5, 0.6) is 0 Å². The largest absolute Gasteiger partial charge is 0.389 e. The molecule has 0 saturated heterocycles. The van der Waals surface area contributed by atoms with E-state index in [1.807, 2.05) is 0 Å². The van der Waals surface area contributed by atoms with Crippen LogP contribution in [0.25, 0.3) is 0 Å². The number of pyridine rings is 1. The van der Waals surface area contributed by atoms with E-state index in [-0.39, 0.29) is 12.1 Å². The number of nitrogens with two attached hydrogens (primary N) is 1. The van der Waals surface area contributed by atoms with Crippen molar-refractivity contribution in [2.45, 2.75) is 19.1 Å². The Morgan fingerprint density at radius 2 is 2.21 bits per heavy atom. The number of hydrogen-bond acceptors (Lipinski definition) is 4. The van der Waals surface area contributed by atoms with Gasteiger partial charge in [-0.05, 0) is 12.5 Å². The third kappa shape index (κ3) is 2.20. The molecule has 0 radical (unpaired) electrons. The molecule has 5 N–H and O–H groups in total. The fourth-order valence-corrected chi connectivity index (χ4v) is 1.24. The Morgan fingerprint density at radius 1 is 1.57 bits per heavy atom. The molecule has 0 aliphatic heterocycles. The lowest BCUT2D eigenvalue weighted by Gasteiger charge is -2.17. The Hall–Kier alpha value is -1.17. The van der Waals surface area contributed by atoms with Crippen molar-refractivity contribution in [1.82, 2.24) is 4.98 Å². The number of aliphatic hydroxyl groups excluding tert-OH is 2. The Balaban J connectivity index is 3.01. The lowest BCUT2D eigenvalue weighted by Crippen LogP contribution is -2.28. The second kappa shape index (κ2) is 4.36. The monoisotopic (exact) mass is 198 g/mol. The molecule has 0 aromatic carbocycles. The number of rotatable bonds is 3. The van der Waals surface area contributed by atoms with Crippen LogP contribution in [0.4, 0.5) is 0 Å². The van der Waals surface area contributed by atoms with Crippen molar-refractivity contribution in [3.05, 3.63) is 33.7 Å². The summed E-state index contributed by atoms with van der Waals surface area (Å²) in [5, 5.41) is 18.9. The van der Waals surface area contributed by atoms with E-state index in [1.54, 1.807) is 6.92 Å². The molecule has 1 rings (SSSR count). The predicted octanol–water partition coefficient (Wildman–Crippen LogP) is -0.964. The molecule has 0 aliphatic rings. The molecule has 0 bridgehead atoms. The van der Waals surface area contributed by atoms with E-state index in [4.69, 9.17) is 5.73 Å². The zero-order chi connectivity index (χ0) is 10.7. The van der Waals surface area contributed by atoms with E-state index in [1.165, 1.54) is 12.3 Å². The molecule has 0 aliphatic carbocycles. The van der Waals surface area contributed by atoms with Gasteiger partial charge in [-0.25, -0.2) is 0 Å². The average Bonchev–Trinajstić information content (AvgIpc) is 2.15. The summed E-state index contributed by atoms with van der Waals surface area (Å²) in [6.45, 7) is 1.66. The highest BCUT2D eigenvalue weighted by Gasteiger charge is 2.18. The summed E-state index contributed by atoms with van der Waals surface area (Å²) in [6.07, 6.45) is -0.683. The van der Waals surface area contributed by atoms with E-state index in [9.17, 15) is 15.0 Å². The molecule has 1 heterocycles. The van der Waals surface area contributed by atoms with Crippen LogP contribution in [0.15, 0.2) is 17.1 Å². The summed E-state index contributed by atoms with van der Waals surface area (Å²) in [5.74, 6) is 0. The lowest BCUT2D eigenvalue weighted by molar-refractivity contribution is 0.0237. The van der Waals surface area contributed by atoms with E-state index in [0.717, 1.165) is 0 Å². The summed E-state index contributed by atoms with van der Waals surface area (Å²) >= 11 is 0. The minimum Gasteiger partial charge on any atom is -0.389 e. The normalized spacial score (nSPS) is 15.1. The zero-order valence-electron chi connectivity index (χ0n) is 7.90. The highest BCUT2D eigenvalue weighted by Crippen LogP contribution is 2.17. The second-order valence-corrected chi connectivity index (χ2v) is 3.18.